The van der Waals surface area contributed by atoms with Gasteiger partial charge >= 0.3 is 0 Å². The lowest BCUT2D eigenvalue weighted by Crippen LogP contribution is -2.38. The lowest BCUT2D eigenvalue weighted by atomic mass is 9.91. The van der Waals surface area contributed by atoms with Crippen LogP contribution in [0.1, 0.15) is 18.2 Å². The molecule has 7 heteroatoms. The van der Waals surface area contributed by atoms with Crippen LogP contribution >= 0.6 is 15.9 Å². The Kier molecular flexibility index (Phi) is 2.89. The van der Waals surface area contributed by atoms with Gasteiger partial charge in [-0.1, -0.05) is 15.9 Å². The molecule has 0 saturated carbocycles. The molecule has 0 saturated heterocycles. The summed E-state index contributed by atoms with van der Waals surface area (Å²) in [5.74, 6) is -0.889. The third-order valence-electron chi connectivity index (χ3n) is 3.37. The van der Waals surface area contributed by atoms with Gasteiger partial charge in [-0.3, -0.25) is 9.67 Å². The van der Waals surface area contributed by atoms with Crippen LogP contribution in [0.5, 0.6) is 0 Å². The van der Waals surface area contributed by atoms with Gasteiger partial charge in [-0.05, 0) is 25.1 Å². The van der Waals surface area contributed by atoms with E-state index < -0.39 is 11.4 Å². The normalized spacial score (nSPS) is 21.5. The molecule has 0 bridgehead atoms. The maximum atomic E-state index is 14.1. The van der Waals surface area contributed by atoms with Gasteiger partial charge in [0.1, 0.15) is 22.9 Å². The van der Waals surface area contributed by atoms with E-state index in [0.29, 0.717) is 5.56 Å². The second kappa shape index (κ2) is 4.37. The van der Waals surface area contributed by atoms with Gasteiger partial charge in [-0.2, -0.15) is 5.10 Å². The first-order valence-corrected chi connectivity index (χ1v) is 6.72. The van der Waals surface area contributed by atoms with Crippen molar-refractivity contribution in [3.63, 3.8) is 0 Å². The molecule has 2 aromatic rings. The molecule has 0 unspecified atom stereocenters. The molecule has 1 aliphatic heterocycles. The van der Waals surface area contributed by atoms with Gasteiger partial charge in [0.2, 0.25) is 0 Å². The van der Waals surface area contributed by atoms with E-state index in [1.807, 2.05) is 0 Å². The van der Waals surface area contributed by atoms with E-state index in [0.717, 1.165) is 10.7 Å². The molecule has 1 aromatic heterocycles. The number of hydrogen-bond donors (Lipinski definition) is 1. The van der Waals surface area contributed by atoms with Crippen molar-refractivity contribution in [3.05, 3.63) is 51.8 Å². The summed E-state index contributed by atoms with van der Waals surface area (Å²) in [6.07, 6.45) is 1.08. The quantitative estimate of drug-likeness (QED) is 0.867. The number of aliphatic imine (C=N–C) groups is 1. The van der Waals surface area contributed by atoms with Crippen LogP contribution in [0.15, 0.2) is 33.9 Å². The third-order valence-corrected chi connectivity index (χ3v) is 3.86. The summed E-state index contributed by atoms with van der Waals surface area (Å²) in [6.45, 7) is 1.97. The number of halogens is 3. The van der Waals surface area contributed by atoms with Crippen LogP contribution in [-0.2, 0) is 12.1 Å². The number of aromatic nitrogens is 2. The topological polar surface area (TPSA) is 56.2 Å². The van der Waals surface area contributed by atoms with Gasteiger partial charge in [0.15, 0.2) is 5.82 Å². The highest BCUT2D eigenvalue weighted by Gasteiger charge is 2.36. The van der Waals surface area contributed by atoms with Crippen LogP contribution in [0.25, 0.3) is 0 Å². The molecule has 20 heavy (non-hydrogen) atoms. The molecule has 0 spiro atoms. The standard InChI is InChI=1S/C13H11BrF2N4/c1-13(8-4-7(14)2-3-9(8)15)6-20-11(12(17)19-13)10(16)5-18-20/h2-5H,6H2,1H3,(H2,17,19)/t13-/m0/s1. The molecule has 4 nitrogen and oxygen atoms in total. The smallest absolute Gasteiger partial charge is 0.172 e. The Morgan fingerprint density at radius 3 is 2.85 bits per heavy atom. The Bertz CT molecular complexity index is 725. The van der Waals surface area contributed by atoms with E-state index >= 15 is 0 Å². The molecule has 1 aliphatic rings. The summed E-state index contributed by atoms with van der Waals surface area (Å²) in [4.78, 5) is 4.29. The molecule has 0 aliphatic carbocycles. The molecule has 2 N–H and O–H groups in total. The maximum Gasteiger partial charge on any atom is 0.172 e. The number of rotatable bonds is 1. The lowest BCUT2D eigenvalue weighted by molar-refractivity contribution is 0.361. The van der Waals surface area contributed by atoms with E-state index in [1.165, 1.54) is 10.7 Å². The van der Waals surface area contributed by atoms with Gasteiger partial charge in [-0.15, -0.1) is 0 Å². The number of benzene rings is 1. The van der Waals surface area contributed by atoms with Crippen LogP contribution in [0.3, 0.4) is 0 Å². The number of nitrogens with two attached hydrogens (primary N) is 1. The summed E-state index contributed by atoms with van der Waals surface area (Å²) < 4.78 is 29.8. The molecule has 0 fully saturated rings. The van der Waals surface area contributed by atoms with E-state index in [-0.39, 0.29) is 23.9 Å². The molecule has 0 amide bonds. The first-order valence-electron chi connectivity index (χ1n) is 5.93. The predicted molar refractivity (Wildman–Crippen MR) is 74.4 cm³/mol. The second-order valence-corrected chi connectivity index (χ2v) is 5.81. The fraction of sp³-hybridized carbons (Fsp3) is 0.231. The molecule has 3 rings (SSSR count). The van der Waals surface area contributed by atoms with Crippen molar-refractivity contribution in [3.8, 4) is 0 Å². The van der Waals surface area contributed by atoms with Crippen LogP contribution in [0, 0.1) is 11.6 Å². The highest BCUT2D eigenvalue weighted by atomic mass is 79.9. The van der Waals surface area contributed by atoms with E-state index in [1.54, 1.807) is 19.1 Å². The third kappa shape index (κ3) is 1.93. The maximum absolute atomic E-state index is 14.1. The first-order chi connectivity index (χ1) is 9.40. The fourth-order valence-electron chi connectivity index (χ4n) is 2.44. The number of hydrogen-bond acceptors (Lipinski definition) is 3. The summed E-state index contributed by atoms with van der Waals surface area (Å²) >= 11 is 3.31. The Balaban J connectivity index is 2.16. The summed E-state index contributed by atoms with van der Waals surface area (Å²) in [5, 5.41) is 3.93. The lowest BCUT2D eigenvalue weighted by Gasteiger charge is -2.31. The van der Waals surface area contributed by atoms with Gasteiger partial charge in [0.05, 0.1) is 12.7 Å². The molecular formula is C13H11BrF2N4. The summed E-state index contributed by atoms with van der Waals surface area (Å²) in [5.41, 5.74) is 5.42. The molecule has 0 radical (unpaired) electrons. The van der Waals surface area contributed by atoms with Crippen molar-refractivity contribution in [1.29, 1.82) is 0 Å². The molecule has 1 atom stereocenters. The summed E-state index contributed by atoms with van der Waals surface area (Å²) in [7, 11) is 0. The Hall–Kier alpha value is -1.76. The van der Waals surface area contributed by atoms with Crippen molar-refractivity contribution >= 4 is 21.8 Å². The van der Waals surface area contributed by atoms with E-state index in [9.17, 15) is 8.78 Å². The molecular weight excluding hydrogens is 330 g/mol. The Morgan fingerprint density at radius 1 is 1.35 bits per heavy atom. The number of amidine groups is 1. The van der Waals surface area contributed by atoms with Crippen molar-refractivity contribution < 1.29 is 8.78 Å². The van der Waals surface area contributed by atoms with Crippen molar-refractivity contribution in [2.24, 2.45) is 10.7 Å². The molecule has 1 aromatic carbocycles. The monoisotopic (exact) mass is 340 g/mol. The van der Waals surface area contributed by atoms with Gasteiger partial charge in [0, 0.05) is 10.0 Å². The Labute approximate surface area is 122 Å². The fourth-order valence-corrected chi connectivity index (χ4v) is 2.80. The van der Waals surface area contributed by atoms with E-state index in [2.05, 4.69) is 26.0 Å². The second-order valence-electron chi connectivity index (χ2n) is 4.89. The Morgan fingerprint density at radius 2 is 2.10 bits per heavy atom. The van der Waals surface area contributed by atoms with Gasteiger partial charge in [-0.25, -0.2) is 8.78 Å². The summed E-state index contributed by atoms with van der Waals surface area (Å²) in [6, 6.07) is 4.61. The molecule has 2 heterocycles. The van der Waals surface area contributed by atoms with Crippen molar-refractivity contribution in [1.82, 2.24) is 9.78 Å². The van der Waals surface area contributed by atoms with Crippen LogP contribution in [0.4, 0.5) is 8.78 Å². The highest BCUT2D eigenvalue weighted by Crippen LogP contribution is 2.34. The largest absolute Gasteiger partial charge is 0.382 e. The van der Waals surface area contributed by atoms with Crippen LogP contribution in [-0.4, -0.2) is 15.6 Å². The van der Waals surface area contributed by atoms with Crippen LogP contribution in [0.2, 0.25) is 0 Å². The zero-order chi connectivity index (χ0) is 14.5. The first kappa shape index (κ1) is 13.2. The van der Waals surface area contributed by atoms with Gasteiger partial charge in [0.25, 0.3) is 0 Å². The zero-order valence-corrected chi connectivity index (χ0v) is 12.2. The molecule has 104 valence electrons. The predicted octanol–water partition coefficient (Wildman–Crippen LogP) is 2.56. The van der Waals surface area contributed by atoms with Crippen molar-refractivity contribution in [2.75, 3.05) is 0 Å². The van der Waals surface area contributed by atoms with Crippen molar-refractivity contribution in [2.45, 2.75) is 19.0 Å². The zero-order valence-electron chi connectivity index (χ0n) is 10.6. The minimum atomic E-state index is -0.927. The highest BCUT2D eigenvalue weighted by molar-refractivity contribution is 9.10. The van der Waals surface area contributed by atoms with Gasteiger partial charge < -0.3 is 5.73 Å². The average Bonchev–Trinajstić information content (AvgIpc) is 2.73. The van der Waals surface area contributed by atoms with E-state index in [4.69, 9.17) is 5.73 Å². The minimum Gasteiger partial charge on any atom is -0.382 e. The SMILES string of the molecule is C[C@@]1(c2cc(Br)ccc2F)Cn2ncc(F)c2C(N)=N1. The van der Waals surface area contributed by atoms with Crippen LogP contribution < -0.4 is 5.73 Å². The average molecular weight is 341 g/mol. The minimum absolute atomic E-state index is 0.0214. The number of fused-ring (bicyclic) bond motifs is 1. The number of nitrogens with zero attached hydrogens (tertiary/aromatic N) is 3.